The van der Waals surface area contributed by atoms with Gasteiger partial charge in [0.25, 0.3) is 0 Å². The first kappa shape index (κ1) is 73.8. The molecule has 0 radical (unpaired) electrons. The maximum absolute atomic E-state index is 12.5. The van der Waals surface area contributed by atoms with Crippen LogP contribution < -0.4 is 5.32 Å². The SMILES string of the molecule is CCCCCC/C=C\C/C=C\CCCCCCCCCC(=O)OCCCCCCCCCCCC/C=C\CCCCCCCCCC(=O)NC(CO)C(O)/C=C/CCCCCCCCCCCCCCCCCCCC. The van der Waals surface area contributed by atoms with Crippen molar-refractivity contribution in [1.29, 1.82) is 0 Å². The van der Waals surface area contributed by atoms with Crippen LogP contribution >= 0.6 is 0 Å². The van der Waals surface area contributed by atoms with Crippen LogP contribution in [0.4, 0.5) is 0 Å². The topological polar surface area (TPSA) is 95.9 Å². The summed E-state index contributed by atoms with van der Waals surface area (Å²) in [6.45, 7) is 4.90. The van der Waals surface area contributed by atoms with E-state index in [1.807, 2.05) is 6.08 Å². The normalized spacial score (nSPS) is 12.8. The zero-order valence-corrected chi connectivity index (χ0v) is 51.0. The van der Waals surface area contributed by atoms with Crippen LogP contribution in [0, 0.1) is 0 Å². The number of carbonyl (C=O) groups is 2. The molecule has 1 amide bonds. The molecule has 0 aromatic rings. The average molecular weight is 1070 g/mol. The monoisotopic (exact) mass is 1070 g/mol. The molecular weight excluding hydrogens is 935 g/mol. The van der Waals surface area contributed by atoms with Gasteiger partial charge >= 0.3 is 5.97 Å². The molecule has 0 heterocycles. The van der Waals surface area contributed by atoms with Gasteiger partial charge in [-0.3, -0.25) is 9.59 Å². The van der Waals surface area contributed by atoms with Crippen LogP contribution in [0.1, 0.15) is 361 Å². The van der Waals surface area contributed by atoms with Gasteiger partial charge < -0.3 is 20.3 Å². The Labute approximate surface area is 474 Å². The van der Waals surface area contributed by atoms with Crippen molar-refractivity contribution < 1.29 is 24.5 Å². The van der Waals surface area contributed by atoms with Gasteiger partial charge in [0.15, 0.2) is 0 Å². The summed E-state index contributed by atoms with van der Waals surface area (Å²) in [5, 5.41) is 23.2. The fourth-order valence-electron chi connectivity index (χ4n) is 10.4. The first-order valence-electron chi connectivity index (χ1n) is 33.9. The van der Waals surface area contributed by atoms with E-state index < -0.39 is 12.1 Å². The Balaban J connectivity index is 3.45. The van der Waals surface area contributed by atoms with Crippen LogP contribution in [0.2, 0.25) is 0 Å². The van der Waals surface area contributed by atoms with E-state index in [4.69, 9.17) is 4.74 Å². The Bertz CT molecular complexity index is 1270. The van der Waals surface area contributed by atoms with E-state index in [1.165, 1.54) is 276 Å². The molecule has 0 aliphatic rings. The molecule has 76 heavy (non-hydrogen) atoms. The molecule has 0 fully saturated rings. The number of aliphatic hydroxyl groups excluding tert-OH is 2. The van der Waals surface area contributed by atoms with E-state index in [1.54, 1.807) is 6.08 Å². The molecule has 0 rings (SSSR count). The number of hydrogen-bond donors (Lipinski definition) is 3. The zero-order chi connectivity index (χ0) is 55.0. The molecule has 0 saturated heterocycles. The molecule has 0 aromatic heterocycles. The predicted octanol–water partition coefficient (Wildman–Crippen LogP) is 21.7. The van der Waals surface area contributed by atoms with Gasteiger partial charge in [-0.1, -0.05) is 306 Å². The highest BCUT2D eigenvalue weighted by Gasteiger charge is 2.18. The highest BCUT2D eigenvalue weighted by molar-refractivity contribution is 5.76. The molecule has 2 atom stereocenters. The molecule has 0 aromatic carbocycles. The maximum atomic E-state index is 12.5. The standard InChI is InChI=1S/C70H131NO5/c1-3-5-7-9-11-13-15-17-19-21-23-27-30-34-38-42-46-50-54-58-62-68(73)67(66-72)71-69(74)63-59-55-51-47-43-39-35-31-28-25-24-26-29-33-37-41-45-49-53-57-61-65-76-70(75)64-60-56-52-48-44-40-36-32-22-20-18-16-14-12-10-8-6-4-2/h14,16,20,22,25,28,58,62,67-68,72-73H,3-13,15,17-19,21,23-24,26-27,29-57,59-61,63-66H2,1-2H3,(H,71,74)/b16-14-,22-20-,28-25-,62-58+. The van der Waals surface area contributed by atoms with Gasteiger partial charge in [0, 0.05) is 12.8 Å². The van der Waals surface area contributed by atoms with Gasteiger partial charge in [0.1, 0.15) is 0 Å². The van der Waals surface area contributed by atoms with E-state index >= 15 is 0 Å². The maximum Gasteiger partial charge on any atom is 0.305 e. The Morgan fingerprint density at radius 1 is 0.368 bits per heavy atom. The van der Waals surface area contributed by atoms with E-state index in [2.05, 4.69) is 55.6 Å². The Morgan fingerprint density at radius 2 is 0.658 bits per heavy atom. The summed E-state index contributed by atoms with van der Waals surface area (Å²) in [6.07, 6.45) is 84.5. The summed E-state index contributed by atoms with van der Waals surface area (Å²) in [5.41, 5.74) is 0. The Kier molecular flexibility index (Phi) is 63.5. The molecule has 0 aliphatic carbocycles. The number of unbranched alkanes of at least 4 members (excludes halogenated alkanes) is 46. The molecule has 2 unspecified atom stereocenters. The van der Waals surface area contributed by atoms with Crippen LogP contribution in [0.25, 0.3) is 0 Å². The van der Waals surface area contributed by atoms with Crippen molar-refractivity contribution in [1.82, 2.24) is 5.32 Å². The van der Waals surface area contributed by atoms with E-state index in [-0.39, 0.29) is 18.5 Å². The Morgan fingerprint density at radius 3 is 1.03 bits per heavy atom. The summed E-state index contributed by atoms with van der Waals surface area (Å²) in [4.78, 5) is 24.6. The van der Waals surface area contributed by atoms with Crippen LogP contribution in [-0.2, 0) is 14.3 Å². The number of hydrogen-bond acceptors (Lipinski definition) is 5. The lowest BCUT2D eigenvalue weighted by Crippen LogP contribution is -2.45. The van der Waals surface area contributed by atoms with Gasteiger partial charge in [-0.2, -0.15) is 0 Å². The summed E-state index contributed by atoms with van der Waals surface area (Å²) in [6, 6.07) is -0.635. The smallest absolute Gasteiger partial charge is 0.305 e. The largest absolute Gasteiger partial charge is 0.466 e. The summed E-state index contributed by atoms with van der Waals surface area (Å²) in [7, 11) is 0. The molecule has 0 aliphatic heterocycles. The quantitative estimate of drug-likeness (QED) is 0.0320. The van der Waals surface area contributed by atoms with Crippen molar-refractivity contribution in [3.8, 4) is 0 Å². The van der Waals surface area contributed by atoms with Crippen molar-refractivity contribution in [2.75, 3.05) is 13.2 Å². The summed E-state index contributed by atoms with van der Waals surface area (Å²) in [5.74, 6) is -0.0731. The van der Waals surface area contributed by atoms with Crippen molar-refractivity contribution in [2.45, 2.75) is 373 Å². The van der Waals surface area contributed by atoms with E-state index in [9.17, 15) is 19.8 Å². The fourth-order valence-corrected chi connectivity index (χ4v) is 10.4. The second kappa shape index (κ2) is 65.3. The minimum Gasteiger partial charge on any atom is -0.466 e. The number of amides is 1. The van der Waals surface area contributed by atoms with Crippen LogP contribution in [0.15, 0.2) is 48.6 Å². The molecular formula is C70H131NO5. The third kappa shape index (κ3) is 61.0. The third-order valence-electron chi connectivity index (χ3n) is 15.6. The number of aliphatic hydroxyl groups is 2. The van der Waals surface area contributed by atoms with E-state index in [0.29, 0.717) is 19.4 Å². The number of nitrogens with one attached hydrogen (secondary N) is 1. The lowest BCUT2D eigenvalue weighted by atomic mass is 10.0. The molecule has 6 heteroatoms. The van der Waals surface area contributed by atoms with Crippen molar-refractivity contribution >= 4 is 11.9 Å². The number of rotatable bonds is 63. The second-order valence-corrected chi connectivity index (χ2v) is 23.1. The lowest BCUT2D eigenvalue weighted by molar-refractivity contribution is -0.143. The van der Waals surface area contributed by atoms with Crippen LogP contribution in [0.3, 0.4) is 0 Å². The second-order valence-electron chi connectivity index (χ2n) is 23.1. The molecule has 6 nitrogen and oxygen atoms in total. The minimum absolute atomic E-state index is 0.000415. The molecule has 0 bridgehead atoms. The molecule has 446 valence electrons. The van der Waals surface area contributed by atoms with Crippen LogP contribution in [-0.4, -0.2) is 47.4 Å². The van der Waals surface area contributed by atoms with Gasteiger partial charge in [-0.15, -0.1) is 0 Å². The van der Waals surface area contributed by atoms with Gasteiger partial charge in [-0.05, 0) is 89.9 Å². The minimum atomic E-state index is -0.851. The number of allylic oxidation sites excluding steroid dienone is 7. The fraction of sp³-hybridized carbons (Fsp3) is 0.857. The zero-order valence-electron chi connectivity index (χ0n) is 51.0. The average Bonchev–Trinajstić information content (AvgIpc) is 3.42. The highest BCUT2D eigenvalue weighted by atomic mass is 16.5. The number of ether oxygens (including phenoxy) is 1. The lowest BCUT2D eigenvalue weighted by Gasteiger charge is -2.20. The third-order valence-corrected chi connectivity index (χ3v) is 15.6. The first-order chi connectivity index (χ1) is 37.5. The van der Waals surface area contributed by atoms with Crippen molar-refractivity contribution in [3.63, 3.8) is 0 Å². The van der Waals surface area contributed by atoms with Gasteiger partial charge in [0.05, 0.1) is 25.4 Å². The first-order valence-corrected chi connectivity index (χ1v) is 33.9. The predicted molar refractivity (Wildman–Crippen MR) is 333 cm³/mol. The summed E-state index contributed by atoms with van der Waals surface area (Å²) >= 11 is 0. The van der Waals surface area contributed by atoms with Gasteiger partial charge in [-0.25, -0.2) is 0 Å². The number of carbonyl (C=O) groups excluding carboxylic acids is 2. The number of esters is 1. The van der Waals surface area contributed by atoms with Crippen molar-refractivity contribution in [2.24, 2.45) is 0 Å². The summed E-state index contributed by atoms with van der Waals surface area (Å²) < 4.78 is 5.49. The van der Waals surface area contributed by atoms with Gasteiger partial charge in [0.2, 0.25) is 5.91 Å². The highest BCUT2D eigenvalue weighted by Crippen LogP contribution is 2.17. The van der Waals surface area contributed by atoms with Crippen LogP contribution in [0.5, 0.6) is 0 Å². The van der Waals surface area contributed by atoms with E-state index in [0.717, 1.165) is 57.8 Å². The van der Waals surface area contributed by atoms with Crippen molar-refractivity contribution in [3.05, 3.63) is 48.6 Å². The molecule has 3 N–H and O–H groups in total. The molecule has 0 saturated carbocycles. The Hall–Kier alpha value is -2.18. The molecule has 0 spiro atoms.